The molecule has 0 aromatic carbocycles. The lowest BCUT2D eigenvalue weighted by molar-refractivity contribution is -0.173. The summed E-state index contributed by atoms with van der Waals surface area (Å²) in [7, 11) is 0. The monoisotopic (exact) mass is 550 g/mol. The highest BCUT2D eigenvalue weighted by atomic mass is 16.5. The molecule has 6 atom stereocenters. The van der Waals surface area contributed by atoms with Gasteiger partial charge < -0.3 is 15.2 Å². The number of pyridine rings is 1. The van der Waals surface area contributed by atoms with Crippen LogP contribution in [0.2, 0.25) is 0 Å². The second kappa shape index (κ2) is 10.7. The van der Waals surface area contributed by atoms with Gasteiger partial charge in [-0.05, 0) is 67.6 Å². The number of hydrogen-bond acceptors (Lipinski definition) is 8. The molecule has 1 heterocycles. The number of esters is 1. The highest BCUT2D eigenvalue weighted by Gasteiger charge is 2.68. The highest BCUT2D eigenvalue weighted by molar-refractivity contribution is 5.95. The smallest absolute Gasteiger partial charge is 0.306 e. The van der Waals surface area contributed by atoms with Crippen LogP contribution in [0.5, 0.6) is 0 Å². The molecule has 0 saturated heterocycles. The molecule has 0 aliphatic heterocycles. The van der Waals surface area contributed by atoms with Crippen LogP contribution in [0.25, 0.3) is 0 Å². The van der Waals surface area contributed by atoms with Crippen molar-refractivity contribution in [3.05, 3.63) is 41.7 Å². The minimum absolute atomic E-state index is 0.0151. The van der Waals surface area contributed by atoms with Gasteiger partial charge in [0.2, 0.25) is 11.7 Å². The van der Waals surface area contributed by atoms with Crippen LogP contribution in [0.3, 0.4) is 0 Å². The second-order valence-electron chi connectivity index (χ2n) is 12.5. The number of aromatic nitrogens is 1. The number of nitrogens with zero attached hydrogens (tertiary/aromatic N) is 1. The zero-order valence-electron chi connectivity index (χ0n) is 23.2. The van der Waals surface area contributed by atoms with Gasteiger partial charge in [0.15, 0.2) is 12.4 Å². The van der Waals surface area contributed by atoms with Crippen molar-refractivity contribution in [2.24, 2.45) is 28.6 Å². The van der Waals surface area contributed by atoms with Crippen molar-refractivity contribution in [3.63, 3.8) is 0 Å². The van der Waals surface area contributed by atoms with Gasteiger partial charge in [-0.2, -0.15) is 0 Å². The van der Waals surface area contributed by atoms with E-state index in [0.29, 0.717) is 25.0 Å². The molecule has 40 heavy (non-hydrogen) atoms. The summed E-state index contributed by atoms with van der Waals surface area (Å²) < 4.78 is 5.18. The number of Topliss-reactive ketones (excluding diaryl/α,β-unsaturated/α-hetero) is 2. The Bertz CT molecular complexity index is 1260. The van der Waals surface area contributed by atoms with Crippen LogP contribution in [0, 0.1) is 28.6 Å². The van der Waals surface area contributed by atoms with E-state index in [-0.39, 0.29) is 72.9 Å². The van der Waals surface area contributed by atoms with Gasteiger partial charge in [-0.15, -0.1) is 0 Å². The normalized spacial score (nSPS) is 34.7. The Morgan fingerprint density at radius 2 is 1.90 bits per heavy atom. The number of allylic oxidation sites excluding steroid dienone is 1. The third kappa shape index (κ3) is 4.82. The number of nitrogens with one attached hydrogen (secondary N) is 1. The minimum atomic E-state index is -1.77. The number of carbonyl (C=O) groups is 5. The molecule has 214 valence electrons. The van der Waals surface area contributed by atoms with Gasteiger partial charge >= 0.3 is 5.97 Å². The van der Waals surface area contributed by atoms with Crippen molar-refractivity contribution in [1.82, 2.24) is 10.3 Å². The first-order valence-electron chi connectivity index (χ1n) is 14.3. The van der Waals surface area contributed by atoms with Crippen LogP contribution in [0.4, 0.5) is 0 Å². The molecular weight excluding hydrogens is 512 g/mol. The largest absolute Gasteiger partial charge is 0.458 e. The van der Waals surface area contributed by atoms with Crippen LogP contribution < -0.4 is 5.32 Å². The Balaban J connectivity index is 1.18. The number of fused-ring (bicyclic) bond motifs is 5. The molecule has 0 unspecified atom stereocenters. The third-order valence-corrected chi connectivity index (χ3v) is 10.4. The molecule has 4 aliphatic carbocycles. The summed E-state index contributed by atoms with van der Waals surface area (Å²) in [6.45, 7) is 3.59. The summed E-state index contributed by atoms with van der Waals surface area (Å²) in [4.78, 5) is 67.7. The maximum atomic E-state index is 13.7. The Labute approximate surface area is 234 Å². The average Bonchev–Trinajstić information content (AvgIpc) is 3.20. The number of amides is 1. The van der Waals surface area contributed by atoms with Gasteiger partial charge in [-0.25, -0.2) is 0 Å². The van der Waals surface area contributed by atoms with Gasteiger partial charge in [0.05, 0.1) is 18.7 Å². The fourth-order valence-electron chi connectivity index (χ4n) is 8.18. The molecule has 9 heteroatoms. The molecule has 3 fully saturated rings. The second-order valence-corrected chi connectivity index (χ2v) is 12.5. The van der Waals surface area contributed by atoms with Crippen molar-refractivity contribution in [2.45, 2.75) is 83.8 Å². The first-order chi connectivity index (χ1) is 19.0. The number of carbonyl (C=O) groups excluding carboxylic acids is 5. The van der Waals surface area contributed by atoms with E-state index in [4.69, 9.17) is 4.74 Å². The van der Waals surface area contributed by atoms with E-state index < -0.39 is 29.4 Å². The third-order valence-electron chi connectivity index (χ3n) is 10.4. The molecule has 9 nitrogen and oxygen atoms in total. The van der Waals surface area contributed by atoms with Gasteiger partial charge in [-0.1, -0.05) is 25.5 Å². The quantitative estimate of drug-likeness (QED) is 0.471. The fraction of sp³-hybridized carbons (Fsp3) is 0.613. The molecule has 0 radical (unpaired) electrons. The Hall–Kier alpha value is -3.20. The summed E-state index contributed by atoms with van der Waals surface area (Å²) in [5.41, 5.74) is -1.29. The minimum Gasteiger partial charge on any atom is -0.458 e. The van der Waals surface area contributed by atoms with E-state index in [1.807, 2.05) is 13.0 Å². The Morgan fingerprint density at radius 1 is 1.10 bits per heavy atom. The van der Waals surface area contributed by atoms with Crippen LogP contribution in [0.1, 0.15) is 77.3 Å². The maximum Gasteiger partial charge on any atom is 0.306 e. The van der Waals surface area contributed by atoms with E-state index >= 15 is 0 Å². The molecule has 0 spiro atoms. The van der Waals surface area contributed by atoms with Gasteiger partial charge in [0.1, 0.15) is 11.4 Å². The number of aliphatic hydroxyl groups is 1. The molecule has 1 amide bonds. The molecule has 0 bridgehead atoms. The predicted octanol–water partition coefficient (Wildman–Crippen LogP) is 3.03. The zero-order valence-corrected chi connectivity index (χ0v) is 23.2. The van der Waals surface area contributed by atoms with Crippen molar-refractivity contribution in [2.75, 3.05) is 6.61 Å². The van der Waals surface area contributed by atoms with E-state index in [9.17, 15) is 29.1 Å². The van der Waals surface area contributed by atoms with Crippen molar-refractivity contribution < 1.29 is 33.8 Å². The molecule has 4 aliphatic rings. The lowest BCUT2D eigenvalue weighted by Crippen LogP contribution is -2.61. The summed E-state index contributed by atoms with van der Waals surface area (Å²) in [5.74, 6) is -1.64. The van der Waals surface area contributed by atoms with Crippen LogP contribution in [-0.2, 0) is 35.3 Å². The fourth-order valence-corrected chi connectivity index (χ4v) is 8.18. The van der Waals surface area contributed by atoms with Gasteiger partial charge in [-0.3, -0.25) is 29.0 Å². The average molecular weight is 551 g/mol. The Morgan fingerprint density at radius 3 is 2.65 bits per heavy atom. The molecule has 1 aromatic rings. The van der Waals surface area contributed by atoms with Crippen LogP contribution >= 0.6 is 0 Å². The number of ether oxygens (including phenoxy) is 1. The van der Waals surface area contributed by atoms with E-state index in [1.54, 1.807) is 24.4 Å². The predicted molar refractivity (Wildman–Crippen MR) is 143 cm³/mol. The van der Waals surface area contributed by atoms with Gasteiger partial charge in [0.25, 0.3) is 0 Å². The maximum absolute atomic E-state index is 13.7. The van der Waals surface area contributed by atoms with Gasteiger partial charge in [0, 0.05) is 36.8 Å². The van der Waals surface area contributed by atoms with Crippen molar-refractivity contribution >= 4 is 29.2 Å². The summed E-state index contributed by atoms with van der Waals surface area (Å²) in [6.07, 6.45) is 6.61. The Kier molecular flexibility index (Phi) is 7.54. The summed E-state index contributed by atoms with van der Waals surface area (Å²) in [6, 6.07) is 5.37. The number of ketones is 3. The van der Waals surface area contributed by atoms with Crippen molar-refractivity contribution in [3.8, 4) is 0 Å². The standard InChI is InChI=1S/C31H38N2O7/c1-29-12-10-21(34)15-19(29)6-7-22-23-11-13-31(39,30(23,2)16-24(35)28(22)29)25(36)18-40-27(38)9-8-26(37)33-17-20-5-3-4-14-32-20/h3-5,14-15,22-23,28,39H,6-13,16-18H2,1-2H3,(H,33,37)/t22-,23-,28+,29-,30-,31-/m0/s1. The molecule has 3 saturated carbocycles. The van der Waals surface area contributed by atoms with E-state index in [1.165, 1.54) is 0 Å². The summed E-state index contributed by atoms with van der Waals surface area (Å²) in [5, 5.41) is 14.4. The number of rotatable bonds is 8. The van der Waals surface area contributed by atoms with Crippen LogP contribution in [0.15, 0.2) is 36.0 Å². The van der Waals surface area contributed by atoms with Crippen molar-refractivity contribution in [1.29, 1.82) is 0 Å². The van der Waals surface area contributed by atoms with E-state index in [2.05, 4.69) is 17.2 Å². The van der Waals surface area contributed by atoms with E-state index in [0.717, 1.165) is 18.4 Å². The lowest BCUT2D eigenvalue weighted by Gasteiger charge is -2.57. The first kappa shape index (κ1) is 28.3. The lowest BCUT2D eigenvalue weighted by atomic mass is 9.46. The molecular formula is C31H38N2O7. The first-order valence-corrected chi connectivity index (χ1v) is 14.3. The molecule has 2 N–H and O–H groups in total. The number of hydrogen-bond donors (Lipinski definition) is 2. The summed E-state index contributed by atoms with van der Waals surface area (Å²) >= 11 is 0. The topological polar surface area (TPSA) is 140 Å². The molecule has 5 rings (SSSR count). The SMILES string of the molecule is C[C@]12CCC(=O)C=C1CC[C@@H]1[C@@H]2C(=O)C[C@@]2(C)[C@H]1CC[C@]2(O)C(=O)COC(=O)CCC(=O)NCc1ccccn1. The zero-order chi connectivity index (χ0) is 28.7. The van der Waals surface area contributed by atoms with Crippen LogP contribution in [-0.4, -0.2) is 51.5 Å². The highest BCUT2D eigenvalue weighted by Crippen LogP contribution is 2.66. The molecule has 1 aromatic heterocycles.